The first kappa shape index (κ1) is 20.9. The van der Waals surface area contributed by atoms with Gasteiger partial charge in [-0.2, -0.15) is 0 Å². The van der Waals surface area contributed by atoms with Gasteiger partial charge in [-0.25, -0.2) is 0 Å². The number of nitrogens with one attached hydrogen (secondary N) is 1. The minimum atomic E-state index is -0.355. The van der Waals surface area contributed by atoms with E-state index in [1.165, 1.54) is 0 Å². The molecule has 3 rings (SSSR count). The molecule has 1 N–H and O–H groups in total. The molecule has 1 aromatic heterocycles. The van der Waals surface area contributed by atoms with Crippen molar-refractivity contribution in [1.82, 2.24) is 9.88 Å². The number of carbonyl (C=O) groups is 1. The van der Waals surface area contributed by atoms with Gasteiger partial charge < -0.3 is 24.1 Å². The molecule has 0 bridgehead atoms. The molecule has 2 aromatic rings. The van der Waals surface area contributed by atoms with Crippen LogP contribution in [0.3, 0.4) is 0 Å². The van der Waals surface area contributed by atoms with Crippen LogP contribution < -0.4 is 20.3 Å². The van der Waals surface area contributed by atoms with E-state index >= 15 is 0 Å². The SMILES string of the molecule is COCCn1c(C)cc(C)c(C(=O)N[C@H]2CCc3cc(OC)c(OC)cc32)c1=O. The molecule has 1 amide bonds. The minimum absolute atomic E-state index is 0.176. The van der Waals surface area contributed by atoms with Crippen molar-refractivity contribution < 1.29 is 19.0 Å². The molecule has 0 spiro atoms. The van der Waals surface area contributed by atoms with Gasteiger partial charge in [0, 0.05) is 19.3 Å². The number of ether oxygens (including phenoxy) is 3. The number of benzene rings is 1. The van der Waals surface area contributed by atoms with E-state index in [2.05, 4.69) is 5.32 Å². The van der Waals surface area contributed by atoms with Crippen LogP contribution in [0.1, 0.15) is 45.2 Å². The van der Waals surface area contributed by atoms with Crippen LogP contribution in [0.25, 0.3) is 0 Å². The van der Waals surface area contributed by atoms with Crippen molar-refractivity contribution >= 4 is 5.91 Å². The second-order valence-electron chi connectivity index (χ2n) is 7.26. The first-order valence-electron chi connectivity index (χ1n) is 9.66. The number of fused-ring (bicyclic) bond motifs is 1. The highest BCUT2D eigenvalue weighted by Crippen LogP contribution is 2.39. The predicted octanol–water partition coefficient (Wildman–Crippen LogP) is 2.55. The second kappa shape index (κ2) is 8.69. The summed E-state index contributed by atoms with van der Waals surface area (Å²) in [5, 5.41) is 3.04. The maximum Gasteiger partial charge on any atom is 0.263 e. The number of amides is 1. The molecule has 29 heavy (non-hydrogen) atoms. The summed E-state index contributed by atoms with van der Waals surface area (Å²) in [5.41, 5.74) is 3.49. The van der Waals surface area contributed by atoms with Crippen LogP contribution in [0.2, 0.25) is 0 Å². The molecule has 0 fully saturated rings. The zero-order chi connectivity index (χ0) is 21.1. The molecule has 1 aliphatic rings. The molecular weight excluding hydrogens is 372 g/mol. The lowest BCUT2D eigenvalue weighted by atomic mass is 10.1. The summed E-state index contributed by atoms with van der Waals surface area (Å²) in [7, 11) is 4.78. The Bertz CT molecular complexity index is 980. The Morgan fingerprint density at radius 3 is 2.48 bits per heavy atom. The molecule has 1 aliphatic carbocycles. The fourth-order valence-corrected chi connectivity index (χ4v) is 3.98. The number of aromatic nitrogens is 1. The third-order valence-corrected chi connectivity index (χ3v) is 5.48. The van der Waals surface area contributed by atoms with E-state index in [1.807, 2.05) is 25.1 Å². The fraction of sp³-hybridized carbons (Fsp3) is 0.455. The molecular formula is C22H28N2O5. The zero-order valence-electron chi connectivity index (χ0n) is 17.6. The van der Waals surface area contributed by atoms with Crippen LogP contribution in [0.15, 0.2) is 23.0 Å². The molecule has 0 aliphatic heterocycles. The van der Waals surface area contributed by atoms with Gasteiger partial charge in [0.2, 0.25) is 0 Å². The largest absolute Gasteiger partial charge is 0.493 e. The molecule has 0 saturated heterocycles. The van der Waals surface area contributed by atoms with Crippen LogP contribution >= 0.6 is 0 Å². The van der Waals surface area contributed by atoms with Gasteiger partial charge in [-0.15, -0.1) is 0 Å². The van der Waals surface area contributed by atoms with Crippen LogP contribution in [0.4, 0.5) is 0 Å². The topological polar surface area (TPSA) is 78.8 Å². The van der Waals surface area contributed by atoms with Crippen LogP contribution in [0.5, 0.6) is 11.5 Å². The molecule has 1 aromatic carbocycles. The van der Waals surface area contributed by atoms with Gasteiger partial charge in [0.1, 0.15) is 5.56 Å². The first-order valence-corrected chi connectivity index (χ1v) is 9.66. The van der Waals surface area contributed by atoms with Crippen molar-refractivity contribution in [3.8, 4) is 11.5 Å². The van der Waals surface area contributed by atoms with Crippen molar-refractivity contribution in [3.05, 3.63) is 56.5 Å². The summed E-state index contributed by atoms with van der Waals surface area (Å²) in [4.78, 5) is 26.0. The number of hydrogen-bond acceptors (Lipinski definition) is 5. The van der Waals surface area contributed by atoms with Gasteiger partial charge in [-0.1, -0.05) is 0 Å². The minimum Gasteiger partial charge on any atom is -0.493 e. The van der Waals surface area contributed by atoms with E-state index in [0.717, 1.165) is 29.7 Å². The molecule has 0 unspecified atom stereocenters. The molecule has 1 atom stereocenters. The quantitative estimate of drug-likeness (QED) is 0.773. The summed E-state index contributed by atoms with van der Waals surface area (Å²) in [6.07, 6.45) is 1.59. The van der Waals surface area contributed by atoms with Gasteiger partial charge in [0.25, 0.3) is 11.5 Å². The van der Waals surface area contributed by atoms with E-state index in [-0.39, 0.29) is 23.1 Å². The Hall–Kier alpha value is -2.80. The van der Waals surface area contributed by atoms with Gasteiger partial charge in [-0.3, -0.25) is 9.59 Å². The Balaban J connectivity index is 1.90. The highest BCUT2D eigenvalue weighted by molar-refractivity contribution is 5.95. The number of aryl methyl sites for hydroxylation is 3. The van der Waals surface area contributed by atoms with E-state index in [0.29, 0.717) is 30.2 Å². The van der Waals surface area contributed by atoms with E-state index in [4.69, 9.17) is 14.2 Å². The molecule has 7 heteroatoms. The summed E-state index contributed by atoms with van der Waals surface area (Å²) < 4.78 is 17.4. The number of hydrogen-bond donors (Lipinski definition) is 1. The highest BCUT2D eigenvalue weighted by atomic mass is 16.5. The Kier molecular flexibility index (Phi) is 6.27. The summed E-state index contributed by atoms with van der Waals surface area (Å²) in [6.45, 7) is 4.46. The number of methoxy groups -OCH3 is 3. The lowest BCUT2D eigenvalue weighted by Crippen LogP contribution is -2.36. The average Bonchev–Trinajstić information content (AvgIpc) is 3.07. The van der Waals surface area contributed by atoms with Crippen molar-refractivity contribution in [1.29, 1.82) is 0 Å². The molecule has 156 valence electrons. The number of carbonyl (C=O) groups excluding carboxylic acids is 1. The first-order chi connectivity index (χ1) is 13.9. The Morgan fingerprint density at radius 2 is 1.83 bits per heavy atom. The lowest BCUT2D eigenvalue weighted by molar-refractivity contribution is 0.0933. The molecule has 0 saturated carbocycles. The van der Waals surface area contributed by atoms with Gasteiger partial charge >= 0.3 is 0 Å². The molecule has 7 nitrogen and oxygen atoms in total. The van der Waals surface area contributed by atoms with Crippen LogP contribution in [-0.2, 0) is 17.7 Å². The summed E-state index contributed by atoms with van der Waals surface area (Å²) >= 11 is 0. The fourth-order valence-electron chi connectivity index (χ4n) is 3.98. The normalized spacial score (nSPS) is 15.1. The van der Waals surface area contributed by atoms with Gasteiger partial charge in [0.15, 0.2) is 11.5 Å². The smallest absolute Gasteiger partial charge is 0.263 e. The third kappa shape index (κ3) is 4.00. The van der Waals surface area contributed by atoms with Crippen molar-refractivity contribution in [3.63, 3.8) is 0 Å². The maximum absolute atomic E-state index is 13.1. The van der Waals surface area contributed by atoms with Gasteiger partial charge in [-0.05, 0) is 61.6 Å². The van der Waals surface area contributed by atoms with Gasteiger partial charge in [0.05, 0.1) is 26.9 Å². The Morgan fingerprint density at radius 1 is 1.14 bits per heavy atom. The van der Waals surface area contributed by atoms with E-state index in [9.17, 15) is 9.59 Å². The predicted molar refractivity (Wildman–Crippen MR) is 110 cm³/mol. The van der Waals surface area contributed by atoms with Crippen molar-refractivity contribution in [2.24, 2.45) is 0 Å². The Labute approximate surface area is 170 Å². The van der Waals surface area contributed by atoms with Crippen LogP contribution in [-0.4, -0.2) is 38.4 Å². The standard InChI is InChI=1S/C22H28N2O5/c1-13-10-14(2)24(8-9-27-3)22(26)20(13)21(25)23-17-7-6-15-11-18(28-4)19(29-5)12-16(15)17/h10-12,17H,6-9H2,1-5H3,(H,23,25)/t17-/m0/s1. The van der Waals surface area contributed by atoms with E-state index in [1.54, 1.807) is 32.8 Å². The monoisotopic (exact) mass is 400 g/mol. The van der Waals surface area contributed by atoms with Crippen molar-refractivity contribution in [2.45, 2.75) is 39.3 Å². The number of nitrogens with zero attached hydrogens (tertiary/aromatic N) is 1. The maximum atomic E-state index is 13.1. The number of rotatable bonds is 7. The van der Waals surface area contributed by atoms with Crippen LogP contribution in [0, 0.1) is 13.8 Å². The highest BCUT2D eigenvalue weighted by Gasteiger charge is 2.28. The zero-order valence-corrected chi connectivity index (χ0v) is 17.6. The number of pyridine rings is 1. The second-order valence-corrected chi connectivity index (χ2v) is 7.26. The average molecular weight is 400 g/mol. The lowest BCUT2D eigenvalue weighted by Gasteiger charge is -2.18. The third-order valence-electron chi connectivity index (χ3n) is 5.48. The molecule has 0 radical (unpaired) electrons. The summed E-state index contributed by atoms with van der Waals surface area (Å²) in [5.74, 6) is 0.945. The van der Waals surface area contributed by atoms with Crippen molar-refractivity contribution in [2.75, 3.05) is 27.9 Å². The summed E-state index contributed by atoms with van der Waals surface area (Å²) in [6, 6.07) is 5.55. The molecule has 1 heterocycles. The van der Waals surface area contributed by atoms with E-state index < -0.39 is 0 Å².